The van der Waals surface area contributed by atoms with Gasteiger partial charge in [0.15, 0.2) is 0 Å². The summed E-state index contributed by atoms with van der Waals surface area (Å²) >= 11 is 5.99. The second-order valence-corrected chi connectivity index (χ2v) is 3.92. The van der Waals surface area contributed by atoms with Crippen LogP contribution in [0, 0.1) is 0 Å². The number of nitrogens with one attached hydrogen (secondary N) is 1. The number of nitrogens with zero attached hydrogens (tertiary/aromatic N) is 1. The lowest BCUT2D eigenvalue weighted by Crippen LogP contribution is -2.22. The lowest BCUT2D eigenvalue weighted by Gasteiger charge is -2.06. The number of aromatic nitrogens is 1. The number of carbonyl (C=O) groups is 1. The van der Waals surface area contributed by atoms with Crippen molar-refractivity contribution in [2.75, 3.05) is 0 Å². The number of pyridine rings is 1. The van der Waals surface area contributed by atoms with Crippen molar-refractivity contribution < 1.29 is 4.79 Å². The van der Waals surface area contributed by atoms with Gasteiger partial charge in [0.1, 0.15) is 0 Å². The average molecular weight is 283 g/mol. The van der Waals surface area contributed by atoms with Crippen LogP contribution in [0.15, 0.2) is 48.8 Å². The van der Waals surface area contributed by atoms with Gasteiger partial charge in [-0.3, -0.25) is 9.78 Å². The Labute approximate surface area is 117 Å². The van der Waals surface area contributed by atoms with Gasteiger partial charge in [0.2, 0.25) is 0 Å². The maximum Gasteiger partial charge on any atom is 0.253 e. The van der Waals surface area contributed by atoms with E-state index in [9.17, 15) is 4.79 Å². The van der Waals surface area contributed by atoms with E-state index in [-0.39, 0.29) is 18.3 Å². The van der Waals surface area contributed by atoms with Crippen molar-refractivity contribution in [2.24, 2.45) is 0 Å². The van der Waals surface area contributed by atoms with Crippen LogP contribution in [0.1, 0.15) is 15.9 Å². The Morgan fingerprint density at radius 2 is 2.00 bits per heavy atom. The monoisotopic (exact) mass is 282 g/mol. The second kappa shape index (κ2) is 6.99. The van der Waals surface area contributed by atoms with Crippen molar-refractivity contribution in [1.29, 1.82) is 0 Å². The van der Waals surface area contributed by atoms with E-state index < -0.39 is 0 Å². The third-order valence-corrected chi connectivity index (χ3v) is 2.69. The van der Waals surface area contributed by atoms with E-state index in [1.165, 1.54) is 6.20 Å². The summed E-state index contributed by atoms with van der Waals surface area (Å²) in [5, 5.41) is 3.44. The molecule has 0 radical (unpaired) electrons. The van der Waals surface area contributed by atoms with Crippen LogP contribution in [0.2, 0.25) is 5.02 Å². The van der Waals surface area contributed by atoms with Gasteiger partial charge >= 0.3 is 0 Å². The molecule has 0 aliphatic carbocycles. The molecular weight excluding hydrogens is 271 g/mol. The zero-order valence-corrected chi connectivity index (χ0v) is 11.0. The van der Waals surface area contributed by atoms with E-state index in [0.717, 1.165) is 5.56 Å². The Morgan fingerprint density at radius 1 is 1.22 bits per heavy atom. The number of hydrogen-bond acceptors (Lipinski definition) is 2. The molecule has 0 aliphatic heterocycles. The van der Waals surface area contributed by atoms with Gasteiger partial charge in [0.25, 0.3) is 5.91 Å². The van der Waals surface area contributed by atoms with Crippen molar-refractivity contribution in [3.8, 4) is 0 Å². The van der Waals surface area contributed by atoms with E-state index >= 15 is 0 Å². The van der Waals surface area contributed by atoms with Crippen LogP contribution < -0.4 is 5.32 Å². The fraction of sp³-hybridized carbons (Fsp3) is 0.0769. The minimum Gasteiger partial charge on any atom is -0.348 e. The summed E-state index contributed by atoms with van der Waals surface area (Å²) in [6.07, 6.45) is 3.16. The first-order valence-corrected chi connectivity index (χ1v) is 5.57. The molecule has 3 nitrogen and oxygen atoms in total. The van der Waals surface area contributed by atoms with E-state index in [4.69, 9.17) is 11.6 Å². The highest BCUT2D eigenvalue weighted by atomic mass is 35.5. The summed E-state index contributed by atoms with van der Waals surface area (Å²) in [4.78, 5) is 15.6. The van der Waals surface area contributed by atoms with Crippen molar-refractivity contribution >= 4 is 29.9 Å². The van der Waals surface area contributed by atoms with Crippen molar-refractivity contribution in [2.45, 2.75) is 6.54 Å². The van der Waals surface area contributed by atoms with E-state index in [1.807, 2.05) is 18.2 Å². The molecule has 0 saturated heterocycles. The Hall–Kier alpha value is -1.58. The molecule has 1 aromatic heterocycles. The highest BCUT2D eigenvalue weighted by Gasteiger charge is 2.05. The zero-order valence-electron chi connectivity index (χ0n) is 9.47. The molecule has 94 valence electrons. The van der Waals surface area contributed by atoms with E-state index in [1.54, 1.807) is 24.4 Å². The largest absolute Gasteiger partial charge is 0.348 e. The van der Waals surface area contributed by atoms with E-state index in [0.29, 0.717) is 17.1 Å². The van der Waals surface area contributed by atoms with Crippen LogP contribution in [0.4, 0.5) is 0 Å². The number of hydrogen-bond donors (Lipinski definition) is 1. The lowest BCUT2D eigenvalue weighted by atomic mass is 10.2. The third kappa shape index (κ3) is 3.72. The standard InChI is InChI=1S/C13H11ClN2O.ClH/c14-12-6-2-1-4-10(12)9-16-13(17)11-5-3-7-15-8-11;/h1-8H,9H2,(H,16,17);1H. The third-order valence-electron chi connectivity index (χ3n) is 2.32. The molecular formula is C13H12Cl2N2O. The van der Waals surface area contributed by atoms with Crippen LogP contribution >= 0.6 is 24.0 Å². The Bertz CT molecular complexity index is 517. The van der Waals surface area contributed by atoms with Gasteiger partial charge in [0, 0.05) is 24.0 Å². The summed E-state index contributed by atoms with van der Waals surface area (Å²) in [6, 6.07) is 10.9. The van der Waals surface area contributed by atoms with Crippen molar-refractivity contribution in [1.82, 2.24) is 10.3 Å². The van der Waals surface area contributed by atoms with Crippen molar-refractivity contribution in [3.05, 3.63) is 64.9 Å². The van der Waals surface area contributed by atoms with Gasteiger partial charge in [-0.2, -0.15) is 0 Å². The fourth-order valence-electron chi connectivity index (χ4n) is 1.42. The number of carbonyl (C=O) groups excluding carboxylic acids is 1. The minimum absolute atomic E-state index is 0. The van der Waals surface area contributed by atoms with Crippen LogP contribution in [0.25, 0.3) is 0 Å². The Morgan fingerprint density at radius 3 is 2.67 bits per heavy atom. The molecule has 1 amide bonds. The van der Waals surface area contributed by atoms with Gasteiger partial charge in [-0.1, -0.05) is 29.8 Å². The molecule has 2 rings (SSSR count). The molecule has 0 unspecified atom stereocenters. The number of halogens is 2. The number of benzene rings is 1. The summed E-state index contributed by atoms with van der Waals surface area (Å²) in [5.74, 6) is -0.155. The van der Waals surface area contributed by atoms with Gasteiger partial charge in [-0.05, 0) is 23.8 Å². The van der Waals surface area contributed by atoms with Gasteiger partial charge in [-0.15, -0.1) is 12.4 Å². The maximum atomic E-state index is 11.7. The van der Waals surface area contributed by atoms with Crippen molar-refractivity contribution in [3.63, 3.8) is 0 Å². The zero-order chi connectivity index (χ0) is 12.1. The normalized spacial score (nSPS) is 9.39. The highest BCUT2D eigenvalue weighted by Crippen LogP contribution is 2.14. The summed E-state index contributed by atoms with van der Waals surface area (Å²) in [7, 11) is 0. The molecule has 5 heteroatoms. The predicted octanol–water partition coefficient (Wildman–Crippen LogP) is 3.09. The molecule has 0 saturated carbocycles. The van der Waals surface area contributed by atoms with Gasteiger partial charge in [0.05, 0.1) is 5.56 Å². The first kappa shape index (κ1) is 14.5. The van der Waals surface area contributed by atoms with Crippen LogP contribution in [0.3, 0.4) is 0 Å². The molecule has 18 heavy (non-hydrogen) atoms. The molecule has 0 spiro atoms. The molecule has 1 heterocycles. The van der Waals surface area contributed by atoms with Gasteiger partial charge in [-0.25, -0.2) is 0 Å². The quantitative estimate of drug-likeness (QED) is 0.940. The summed E-state index contributed by atoms with van der Waals surface area (Å²) < 4.78 is 0. The van der Waals surface area contributed by atoms with Crippen LogP contribution in [-0.2, 0) is 6.54 Å². The number of amides is 1. The Balaban J connectivity index is 0.00000162. The SMILES string of the molecule is Cl.O=C(NCc1ccccc1Cl)c1cccnc1. The van der Waals surface area contributed by atoms with Gasteiger partial charge < -0.3 is 5.32 Å². The van der Waals surface area contributed by atoms with E-state index in [2.05, 4.69) is 10.3 Å². The second-order valence-electron chi connectivity index (χ2n) is 3.52. The maximum absolute atomic E-state index is 11.7. The Kier molecular flexibility index (Phi) is 5.62. The smallest absolute Gasteiger partial charge is 0.253 e. The molecule has 1 aromatic carbocycles. The molecule has 1 N–H and O–H groups in total. The first-order chi connectivity index (χ1) is 8.27. The predicted molar refractivity (Wildman–Crippen MR) is 74.1 cm³/mol. The topological polar surface area (TPSA) is 42.0 Å². The number of rotatable bonds is 3. The minimum atomic E-state index is -0.155. The highest BCUT2D eigenvalue weighted by molar-refractivity contribution is 6.31. The molecule has 0 fully saturated rings. The fourth-order valence-corrected chi connectivity index (χ4v) is 1.62. The molecule has 0 bridgehead atoms. The molecule has 0 aliphatic rings. The summed E-state index contributed by atoms with van der Waals surface area (Å²) in [5.41, 5.74) is 1.44. The summed E-state index contributed by atoms with van der Waals surface area (Å²) in [6.45, 7) is 0.410. The first-order valence-electron chi connectivity index (χ1n) is 5.19. The molecule has 2 aromatic rings. The molecule has 0 atom stereocenters. The lowest BCUT2D eigenvalue weighted by molar-refractivity contribution is 0.0950. The van der Waals surface area contributed by atoms with Crippen LogP contribution in [0.5, 0.6) is 0 Å². The average Bonchev–Trinajstić information content (AvgIpc) is 2.38. The van der Waals surface area contributed by atoms with Crippen LogP contribution in [-0.4, -0.2) is 10.9 Å².